The smallest absolute Gasteiger partial charge is 0.421 e. The van der Waals surface area contributed by atoms with Crippen molar-refractivity contribution in [2.45, 2.75) is 111 Å². The van der Waals surface area contributed by atoms with Crippen molar-refractivity contribution in [2.75, 3.05) is 4.90 Å². The summed E-state index contributed by atoms with van der Waals surface area (Å²) in [6, 6.07) is 10.1. The standard InChI is InChI=1S/C33H48ClNO6Si2/c1-31(2,3)39-30(38)35-25-16-15-23(34)18-22(25)19-24(29(35)37)28(36)21-14-17-26(40-42(10,11)32(4,5)6)27(20-21)41-43(12,13)33(7,8)9/h14-18,20,24H,19H2,1-13H3. The highest BCUT2D eigenvalue weighted by atomic mass is 35.5. The number of carbonyl (C=O) groups excluding carboxylic acids is 3. The fourth-order valence-corrected chi connectivity index (χ4v) is 6.34. The molecule has 0 saturated carbocycles. The van der Waals surface area contributed by atoms with Gasteiger partial charge in [0.25, 0.3) is 16.6 Å². The molecule has 0 aromatic heterocycles. The van der Waals surface area contributed by atoms with E-state index in [-0.39, 0.29) is 16.5 Å². The number of ether oxygens (including phenoxy) is 1. The number of fused-ring (bicyclic) bond motifs is 1. The summed E-state index contributed by atoms with van der Waals surface area (Å²) in [7, 11) is -4.59. The Hall–Kier alpha value is -2.63. The molecule has 1 atom stereocenters. The summed E-state index contributed by atoms with van der Waals surface area (Å²) in [5.41, 5.74) is 0.459. The van der Waals surface area contributed by atoms with Crippen molar-refractivity contribution in [3.63, 3.8) is 0 Å². The molecule has 1 aliphatic heterocycles. The summed E-state index contributed by atoms with van der Waals surface area (Å²) in [5, 5.41) is 0.294. The molecular weight excluding hydrogens is 598 g/mol. The Kier molecular flexibility index (Phi) is 9.49. The van der Waals surface area contributed by atoms with Gasteiger partial charge in [0.2, 0.25) is 5.91 Å². The van der Waals surface area contributed by atoms with E-state index < -0.39 is 45.9 Å². The maximum atomic E-state index is 14.1. The lowest BCUT2D eigenvalue weighted by atomic mass is 9.86. The maximum absolute atomic E-state index is 14.1. The fourth-order valence-electron chi connectivity index (χ4n) is 4.10. The number of imide groups is 1. The minimum atomic E-state index is -2.34. The molecule has 1 aliphatic rings. The van der Waals surface area contributed by atoms with Crippen LogP contribution in [0.5, 0.6) is 11.5 Å². The van der Waals surface area contributed by atoms with E-state index in [0.29, 0.717) is 33.3 Å². The van der Waals surface area contributed by atoms with E-state index in [2.05, 4.69) is 67.7 Å². The predicted octanol–water partition coefficient (Wildman–Crippen LogP) is 9.43. The highest BCUT2D eigenvalue weighted by Gasteiger charge is 2.44. The SMILES string of the molecule is CC(C)(C)OC(=O)N1C(=O)C(C(=O)c2ccc(O[Si](C)(C)C(C)(C)C)c(O[Si](C)(C)C(C)(C)C)c2)Cc2cc(Cl)ccc21. The average molecular weight is 646 g/mol. The van der Waals surface area contributed by atoms with E-state index >= 15 is 0 Å². The molecule has 7 nitrogen and oxygen atoms in total. The molecule has 0 fully saturated rings. The minimum absolute atomic E-state index is 0.0515. The third-order valence-corrected chi connectivity index (χ3v) is 17.6. The molecule has 0 spiro atoms. The summed E-state index contributed by atoms with van der Waals surface area (Å²) >= 11 is 6.28. The molecule has 3 rings (SSSR count). The molecule has 0 bridgehead atoms. The Morgan fingerprint density at radius 1 is 0.814 bits per heavy atom. The van der Waals surface area contributed by atoms with Crippen molar-refractivity contribution in [3.05, 3.63) is 52.5 Å². The summed E-state index contributed by atoms with van der Waals surface area (Å²) in [6.07, 6.45) is -0.730. The van der Waals surface area contributed by atoms with Gasteiger partial charge in [-0.25, -0.2) is 9.69 Å². The number of hydrogen-bond acceptors (Lipinski definition) is 6. The Labute approximate surface area is 264 Å². The van der Waals surface area contributed by atoms with Crippen molar-refractivity contribution >= 4 is 51.7 Å². The minimum Gasteiger partial charge on any atom is -0.541 e. The Bertz CT molecular complexity index is 1420. The van der Waals surface area contributed by atoms with E-state index in [1.165, 1.54) is 0 Å². The number of carbonyl (C=O) groups is 3. The molecule has 43 heavy (non-hydrogen) atoms. The van der Waals surface area contributed by atoms with Gasteiger partial charge in [-0.1, -0.05) is 53.1 Å². The number of hydrogen-bond donors (Lipinski definition) is 0. The van der Waals surface area contributed by atoms with Crippen LogP contribution in [0, 0.1) is 5.92 Å². The Morgan fingerprint density at radius 3 is 1.86 bits per heavy atom. The zero-order valence-electron chi connectivity index (χ0n) is 28.0. The van der Waals surface area contributed by atoms with Crippen molar-refractivity contribution in [1.82, 2.24) is 0 Å². The van der Waals surface area contributed by atoms with Gasteiger partial charge in [-0.2, -0.15) is 0 Å². The van der Waals surface area contributed by atoms with Crippen molar-refractivity contribution in [1.29, 1.82) is 0 Å². The lowest BCUT2D eigenvalue weighted by Crippen LogP contribution is -2.49. The number of ketones is 1. The largest absolute Gasteiger partial charge is 0.541 e. The first-order valence-electron chi connectivity index (χ1n) is 14.8. The second-order valence-corrected chi connectivity index (χ2v) is 25.3. The van der Waals surface area contributed by atoms with Crippen LogP contribution in [0.15, 0.2) is 36.4 Å². The van der Waals surface area contributed by atoms with Crippen LogP contribution in [-0.4, -0.2) is 40.0 Å². The van der Waals surface area contributed by atoms with Crippen LogP contribution < -0.4 is 13.8 Å². The summed E-state index contributed by atoms with van der Waals surface area (Å²) in [4.78, 5) is 42.2. The van der Waals surface area contributed by atoms with Crippen molar-refractivity contribution in [3.8, 4) is 11.5 Å². The monoisotopic (exact) mass is 645 g/mol. The molecule has 1 heterocycles. The van der Waals surface area contributed by atoms with Crippen molar-refractivity contribution < 1.29 is 28.0 Å². The van der Waals surface area contributed by atoms with Crippen LogP contribution in [0.4, 0.5) is 10.5 Å². The molecular formula is C33H48ClNO6Si2. The van der Waals surface area contributed by atoms with Crippen LogP contribution in [0.3, 0.4) is 0 Å². The van der Waals surface area contributed by atoms with E-state index in [4.69, 9.17) is 25.2 Å². The van der Waals surface area contributed by atoms with E-state index in [1.54, 1.807) is 57.2 Å². The lowest BCUT2D eigenvalue weighted by Gasteiger charge is -2.40. The van der Waals surface area contributed by atoms with Gasteiger partial charge in [-0.3, -0.25) is 9.59 Å². The Balaban J connectivity index is 2.10. The Morgan fingerprint density at radius 2 is 1.35 bits per heavy atom. The highest BCUT2D eigenvalue weighted by molar-refractivity contribution is 6.75. The van der Waals surface area contributed by atoms with E-state index in [0.717, 1.165) is 4.90 Å². The zero-order chi connectivity index (χ0) is 32.9. The molecule has 236 valence electrons. The number of amides is 2. The second kappa shape index (κ2) is 11.7. The average Bonchev–Trinajstić information content (AvgIpc) is 2.81. The predicted molar refractivity (Wildman–Crippen MR) is 179 cm³/mol. The molecule has 10 heteroatoms. The fraction of sp³-hybridized carbons (Fsp3) is 0.545. The first-order chi connectivity index (χ1) is 19.3. The summed E-state index contributed by atoms with van der Waals surface area (Å²) in [5.74, 6) is -1.11. The van der Waals surface area contributed by atoms with Gasteiger partial charge in [0.15, 0.2) is 5.78 Å². The van der Waals surface area contributed by atoms with Crippen LogP contribution in [0.2, 0.25) is 41.3 Å². The van der Waals surface area contributed by atoms with Gasteiger partial charge in [0.1, 0.15) is 23.0 Å². The first-order valence-corrected chi connectivity index (χ1v) is 21.0. The number of nitrogens with zero attached hydrogens (tertiary/aromatic N) is 1. The van der Waals surface area contributed by atoms with Gasteiger partial charge < -0.3 is 13.6 Å². The van der Waals surface area contributed by atoms with Crippen LogP contribution >= 0.6 is 11.6 Å². The highest BCUT2D eigenvalue weighted by Crippen LogP contribution is 2.44. The van der Waals surface area contributed by atoms with Gasteiger partial charge in [-0.05, 0) is 105 Å². The molecule has 0 radical (unpaired) electrons. The quantitative estimate of drug-likeness (QED) is 0.177. The van der Waals surface area contributed by atoms with Gasteiger partial charge in [-0.15, -0.1) is 0 Å². The molecule has 0 N–H and O–H groups in total. The van der Waals surface area contributed by atoms with Crippen LogP contribution in [0.25, 0.3) is 0 Å². The molecule has 2 amide bonds. The molecule has 2 aromatic carbocycles. The zero-order valence-corrected chi connectivity index (χ0v) is 30.8. The van der Waals surface area contributed by atoms with Crippen LogP contribution in [-0.2, 0) is 16.0 Å². The van der Waals surface area contributed by atoms with E-state index in [1.807, 2.05) is 0 Å². The third-order valence-electron chi connectivity index (χ3n) is 8.69. The molecule has 2 aromatic rings. The van der Waals surface area contributed by atoms with Crippen LogP contribution in [0.1, 0.15) is 78.2 Å². The summed E-state index contributed by atoms with van der Waals surface area (Å²) in [6.45, 7) is 26.7. The maximum Gasteiger partial charge on any atom is 0.421 e. The molecule has 1 unspecified atom stereocenters. The second-order valence-electron chi connectivity index (χ2n) is 15.4. The number of Topliss-reactive ketones (excluding diaryl/α,β-unsaturated/α-hetero) is 1. The number of anilines is 1. The topological polar surface area (TPSA) is 82.1 Å². The van der Waals surface area contributed by atoms with Gasteiger partial charge in [0, 0.05) is 10.6 Å². The summed E-state index contributed by atoms with van der Waals surface area (Å²) < 4.78 is 19.0. The van der Waals surface area contributed by atoms with Gasteiger partial charge >= 0.3 is 6.09 Å². The van der Waals surface area contributed by atoms with Gasteiger partial charge in [0.05, 0.1) is 5.69 Å². The number of halogens is 1. The number of benzene rings is 2. The molecule has 0 aliphatic carbocycles. The lowest BCUT2D eigenvalue weighted by molar-refractivity contribution is -0.121. The first kappa shape index (κ1) is 34.9. The van der Waals surface area contributed by atoms with Crippen molar-refractivity contribution in [2.24, 2.45) is 5.92 Å². The third kappa shape index (κ3) is 7.73. The van der Waals surface area contributed by atoms with E-state index in [9.17, 15) is 14.4 Å². The number of rotatable bonds is 6. The molecule has 0 saturated heterocycles. The normalized spacial score (nSPS) is 16.5.